The van der Waals surface area contributed by atoms with Crippen LogP contribution < -0.4 is 0 Å². The van der Waals surface area contributed by atoms with Gasteiger partial charge in [-0.3, -0.25) is 0 Å². The van der Waals surface area contributed by atoms with Crippen LogP contribution in [0.15, 0.2) is 48.5 Å². The van der Waals surface area contributed by atoms with Gasteiger partial charge < -0.3 is 0 Å². The van der Waals surface area contributed by atoms with Crippen molar-refractivity contribution in [1.29, 1.82) is 0 Å². The fourth-order valence-electron chi connectivity index (χ4n) is 2.09. The van der Waals surface area contributed by atoms with E-state index in [1.165, 1.54) is 12.1 Å². The summed E-state index contributed by atoms with van der Waals surface area (Å²) >= 11 is 5.86. The third kappa shape index (κ3) is 5.14. The minimum Gasteiger partial charge on any atom is -0.228 e. The van der Waals surface area contributed by atoms with Gasteiger partial charge in [0, 0.05) is 5.02 Å². The number of sulfone groups is 1. The lowest BCUT2D eigenvalue weighted by Crippen LogP contribution is -2.10. The van der Waals surface area contributed by atoms with E-state index >= 15 is 0 Å². The lowest BCUT2D eigenvalue weighted by Gasteiger charge is -2.07. The molecule has 0 aliphatic heterocycles. The zero-order valence-electron chi connectivity index (χ0n) is 11.4. The van der Waals surface area contributed by atoms with E-state index in [2.05, 4.69) is 0 Å². The second-order valence-corrected chi connectivity index (χ2v) is 7.51. The van der Waals surface area contributed by atoms with Gasteiger partial charge in [0.15, 0.2) is 9.84 Å². The molecule has 0 heterocycles. The normalized spacial score (nSPS) is 11.5. The first-order valence-electron chi connectivity index (χ1n) is 6.64. The Kier molecular flexibility index (Phi) is 5.37. The van der Waals surface area contributed by atoms with Crippen molar-refractivity contribution in [2.24, 2.45) is 0 Å². The third-order valence-electron chi connectivity index (χ3n) is 3.15. The molecule has 0 saturated carbocycles. The quantitative estimate of drug-likeness (QED) is 0.803. The van der Waals surface area contributed by atoms with Crippen molar-refractivity contribution in [2.45, 2.75) is 18.6 Å². The van der Waals surface area contributed by atoms with Crippen LogP contribution in [0, 0.1) is 5.82 Å². The maximum atomic E-state index is 12.9. The van der Waals surface area contributed by atoms with Gasteiger partial charge in [0.1, 0.15) is 5.82 Å². The SMILES string of the molecule is O=S(=O)(CCCc1ccccc1)Cc1ccc(F)cc1Cl. The summed E-state index contributed by atoms with van der Waals surface area (Å²) < 4.78 is 37.1. The van der Waals surface area contributed by atoms with Crippen LogP contribution in [-0.2, 0) is 22.0 Å². The number of benzene rings is 2. The molecule has 2 aromatic carbocycles. The molecule has 0 spiro atoms. The molecule has 0 unspecified atom stereocenters. The molecule has 0 radical (unpaired) electrons. The number of aryl methyl sites for hydroxylation is 1. The molecule has 2 nitrogen and oxygen atoms in total. The zero-order chi connectivity index (χ0) is 15.3. The molecule has 0 bridgehead atoms. The van der Waals surface area contributed by atoms with E-state index in [4.69, 9.17) is 11.6 Å². The average molecular weight is 327 g/mol. The zero-order valence-corrected chi connectivity index (χ0v) is 13.0. The summed E-state index contributed by atoms with van der Waals surface area (Å²) in [6.07, 6.45) is 1.28. The van der Waals surface area contributed by atoms with Crippen molar-refractivity contribution in [3.05, 3.63) is 70.5 Å². The van der Waals surface area contributed by atoms with Crippen molar-refractivity contribution in [1.82, 2.24) is 0 Å². The average Bonchev–Trinajstić information content (AvgIpc) is 2.43. The van der Waals surface area contributed by atoms with Crippen LogP contribution in [0.3, 0.4) is 0 Å². The first-order chi connectivity index (χ1) is 9.96. The molecule has 0 fully saturated rings. The van der Waals surface area contributed by atoms with Crippen LogP contribution in [0.4, 0.5) is 4.39 Å². The lowest BCUT2D eigenvalue weighted by molar-refractivity contribution is 0.592. The van der Waals surface area contributed by atoms with E-state index in [9.17, 15) is 12.8 Å². The first-order valence-corrected chi connectivity index (χ1v) is 8.84. The van der Waals surface area contributed by atoms with Gasteiger partial charge in [-0.25, -0.2) is 12.8 Å². The monoisotopic (exact) mass is 326 g/mol. The van der Waals surface area contributed by atoms with E-state index in [1.807, 2.05) is 30.3 Å². The fraction of sp³-hybridized carbons (Fsp3) is 0.250. The Balaban J connectivity index is 1.93. The van der Waals surface area contributed by atoms with Crippen molar-refractivity contribution in [3.63, 3.8) is 0 Å². The summed E-state index contributed by atoms with van der Waals surface area (Å²) in [4.78, 5) is 0. The Morgan fingerprint density at radius 2 is 1.76 bits per heavy atom. The standard InChI is InChI=1S/C16H16ClFO2S/c17-16-11-15(18)9-8-14(16)12-21(19,20)10-4-7-13-5-2-1-3-6-13/h1-3,5-6,8-9,11H,4,7,10,12H2. The molecule has 0 aliphatic carbocycles. The maximum absolute atomic E-state index is 12.9. The highest BCUT2D eigenvalue weighted by atomic mass is 35.5. The van der Waals surface area contributed by atoms with Crippen molar-refractivity contribution >= 4 is 21.4 Å². The lowest BCUT2D eigenvalue weighted by atomic mass is 10.1. The molecule has 21 heavy (non-hydrogen) atoms. The second kappa shape index (κ2) is 7.05. The number of rotatable bonds is 6. The molecule has 0 amide bonds. The fourth-order valence-corrected chi connectivity index (χ4v) is 3.86. The van der Waals surface area contributed by atoms with Crippen LogP contribution in [0.25, 0.3) is 0 Å². The van der Waals surface area contributed by atoms with E-state index in [0.717, 1.165) is 18.1 Å². The summed E-state index contributed by atoms with van der Waals surface area (Å²) in [5.41, 5.74) is 1.56. The predicted molar refractivity (Wildman–Crippen MR) is 83.7 cm³/mol. The van der Waals surface area contributed by atoms with E-state index in [1.54, 1.807) is 0 Å². The summed E-state index contributed by atoms with van der Waals surface area (Å²) in [7, 11) is -3.25. The highest BCUT2D eigenvalue weighted by Crippen LogP contribution is 2.20. The van der Waals surface area contributed by atoms with Crippen LogP contribution >= 0.6 is 11.6 Å². The van der Waals surface area contributed by atoms with Gasteiger partial charge in [0.25, 0.3) is 0 Å². The number of hydrogen-bond donors (Lipinski definition) is 0. The van der Waals surface area contributed by atoms with Crippen molar-refractivity contribution in [3.8, 4) is 0 Å². The van der Waals surface area contributed by atoms with Crippen LogP contribution in [0.1, 0.15) is 17.5 Å². The maximum Gasteiger partial charge on any atom is 0.154 e. The van der Waals surface area contributed by atoms with Crippen LogP contribution in [-0.4, -0.2) is 14.2 Å². The first kappa shape index (κ1) is 16.0. The highest BCUT2D eigenvalue weighted by molar-refractivity contribution is 7.90. The van der Waals surface area contributed by atoms with Crippen LogP contribution in [0.5, 0.6) is 0 Å². The molecule has 2 aromatic rings. The summed E-state index contributed by atoms with van der Waals surface area (Å²) in [6, 6.07) is 13.5. The topological polar surface area (TPSA) is 34.1 Å². The Morgan fingerprint density at radius 3 is 2.43 bits per heavy atom. The number of hydrogen-bond acceptors (Lipinski definition) is 2. The molecule has 0 aromatic heterocycles. The van der Waals surface area contributed by atoms with Gasteiger partial charge in [0.2, 0.25) is 0 Å². The summed E-state index contributed by atoms with van der Waals surface area (Å²) in [5.74, 6) is -0.526. The summed E-state index contributed by atoms with van der Waals surface area (Å²) in [5, 5.41) is 0.154. The highest BCUT2D eigenvalue weighted by Gasteiger charge is 2.14. The van der Waals surface area contributed by atoms with E-state index < -0.39 is 15.7 Å². The molecular formula is C16H16ClFO2S. The Hall–Kier alpha value is -1.39. The van der Waals surface area contributed by atoms with Crippen molar-refractivity contribution < 1.29 is 12.8 Å². The minimum atomic E-state index is -3.25. The largest absolute Gasteiger partial charge is 0.228 e. The predicted octanol–water partition coefficient (Wildman–Crippen LogP) is 4.03. The Labute approximate surface area is 129 Å². The van der Waals surface area contributed by atoms with Gasteiger partial charge in [-0.05, 0) is 36.1 Å². The van der Waals surface area contributed by atoms with Crippen molar-refractivity contribution in [2.75, 3.05) is 5.75 Å². The Morgan fingerprint density at radius 1 is 1.05 bits per heavy atom. The molecule has 0 aliphatic rings. The molecule has 0 saturated heterocycles. The van der Waals surface area contributed by atoms with Crippen LogP contribution in [0.2, 0.25) is 5.02 Å². The molecular weight excluding hydrogens is 311 g/mol. The second-order valence-electron chi connectivity index (χ2n) is 4.92. The number of halogens is 2. The summed E-state index contributed by atoms with van der Waals surface area (Å²) in [6.45, 7) is 0. The van der Waals surface area contributed by atoms with Gasteiger partial charge in [-0.2, -0.15) is 0 Å². The molecule has 2 rings (SSSR count). The Bertz CT molecular complexity index is 699. The van der Waals surface area contributed by atoms with E-state index in [0.29, 0.717) is 12.0 Å². The van der Waals surface area contributed by atoms with Gasteiger partial charge >= 0.3 is 0 Å². The van der Waals surface area contributed by atoms with Gasteiger partial charge in [-0.15, -0.1) is 0 Å². The molecule has 112 valence electrons. The van der Waals surface area contributed by atoms with E-state index in [-0.39, 0.29) is 16.5 Å². The smallest absolute Gasteiger partial charge is 0.154 e. The van der Waals surface area contributed by atoms with Gasteiger partial charge in [-0.1, -0.05) is 48.0 Å². The molecule has 0 atom stereocenters. The molecule has 5 heteroatoms. The molecule has 0 N–H and O–H groups in total. The van der Waals surface area contributed by atoms with Gasteiger partial charge in [0.05, 0.1) is 11.5 Å². The third-order valence-corrected chi connectivity index (χ3v) is 5.17. The minimum absolute atomic E-state index is 0.0929.